The molecule has 3 saturated heterocycles. The molecular weight excluding hydrogens is 766 g/mol. The molecule has 3 aliphatic rings. The molecular formula is C43H48BrN3O8. The van der Waals surface area contributed by atoms with Crippen LogP contribution >= 0.6 is 15.9 Å². The van der Waals surface area contributed by atoms with Crippen LogP contribution in [0.3, 0.4) is 0 Å². The Balaban J connectivity index is 1.40. The van der Waals surface area contributed by atoms with Gasteiger partial charge in [-0.25, -0.2) is 0 Å². The maximum Gasteiger partial charge on any atom is 0.313 e. The van der Waals surface area contributed by atoms with Gasteiger partial charge in [0.15, 0.2) is 0 Å². The number of fused-ring (bicyclic) bond motifs is 1. The van der Waals surface area contributed by atoms with E-state index in [1.165, 1.54) is 12.0 Å². The van der Waals surface area contributed by atoms with Crippen molar-refractivity contribution >= 4 is 39.6 Å². The van der Waals surface area contributed by atoms with Gasteiger partial charge in [0.05, 0.1) is 43.2 Å². The summed E-state index contributed by atoms with van der Waals surface area (Å²) in [6.07, 6.45) is 2.41. The summed E-state index contributed by atoms with van der Waals surface area (Å²) in [5.41, 5.74) is 0.708. The van der Waals surface area contributed by atoms with Crippen LogP contribution in [0.4, 0.5) is 0 Å². The third-order valence-corrected chi connectivity index (χ3v) is 11.7. The van der Waals surface area contributed by atoms with Gasteiger partial charge < -0.3 is 34.4 Å². The summed E-state index contributed by atoms with van der Waals surface area (Å²) in [5, 5.41) is 13.9. The van der Waals surface area contributed by atoms with Crippen molar-refractivity contribution in [2.24, 2.45) is 11.8 Å². The van der Waals surface area contributed by atoms with Crippen molar-refractivity contribution < 1.29 is 38.5 Å². The van der Waals surface area contributed by atoms with Crippen molar-refractivity contribution in [1.82, 2.24) is 15.1 Å². The molecule has 6 rings (SSSR count). The summed E-state index contributed by atoms with van der Waals surface area (Å²) in [5.74, 6) is -4.05. The maximum absolute atomic E-state index is 15.1. The molecule has 55 heavy (non-hydrogen) atoms. The summed E-state index contributed by atoms with van der Waals surface area (Å²) in [6, 6.07) is 24.7. The molecule has 0 aromatic heterocycles. The van der Waals surface area contributed by atoms with Crippen molar-refractivity contribution in [3.8, 4) is 0 Å². The lowest BCUT2D eigenvalue weighted by molar-refractivity contribution is -0.163. The average Bonchev–Trinajstić information content (AvgIpc) is 3.80. The molecule has 3 aliphatic heterocycles. The summed E-state index contributed by atoms with van der Waals surface area (Å²) in [6.45, 7) is 7.59. The van der Waals surface area contributed by atoms with Crippen LogP contribution in [0.2, 0.25) is 0 Å². The predicted molar refractivity (Wildman–Crippen MR) is 209 cm³/mol. The number of carbonyl (C=O) groups excluding carboxylic acids is 4. The van der Waals surface area contributed by atoms with Gasteiger partial charge in [-0.3, -0.25) is 19.2 Å². The van der Waals surface area contributed by atoms with E-state index in [0.717, 1.165) is 5.56 Å². The van der Waals surface area contributed by atoms with Crippen LogP contribution in [0, 0.1) is 11.8 Å². The first-order valence-electron chi connectivity index (χ1n) is 18.6. The zero-order valence-corrected chi connectivity index (χ0v) is 32.5. The minimum absolute atomic E-state index is 0.0325. The van der Waals surface area contributed by atoms with Crippen LogP contribution in [0.25, 0.3) is 0 Å². The molecule has 3 amide bonds. The molecule has 290 valence electrons. The van der Waals surface area contributed by atoms with Gasteiger partial charge in [0, 0.05) is 31.4 Å². The first-order valence-corrected chi connectivity index (χ1v) is 19.5. The van der Waals surface area contributed by atoms with Gasteiger partial charge in [0.2, 0.25) is 17.7 Å². The Labute approximate surface area is 330 Å². The van der Waals surface area contributed by atoms with Crippen LogP contribution in [-0.2, 0) is 39.9 Å². The molecule has 3 heterocycles. The van der Waals surface area contributed by atoms with Crippen LogP contribution < -0.4 is 5.32 Å². The standard InChI is InChI=1S/C43H48BrN3O8/c1-4-6-22-34(49)45-32(27-53-3)37(30-20-14-9-15-21-30)54-42(52)35-36-40(50)47(33(26-48)29-18-12-8-13-19-29)39(43(36)24-31(44)38(35)55-43)41(51)46(23-5-2)25-28-16-10-7-11-17-28/h4-5,7-21,31-33,35-39,48H,1-2,6,22-27H2,3H3,(H,45,49)/t31?,32-,33+,35+,36-,37-,38+,39+,43-/m0/s1. The van der Waals surface area contributed by atoms with Crippen molar-refractivity contribution in [2.45, 2.75) is 66.6 Å². The molecule has 1 unspecified atom stereocenters. The van der Waals surface area contributed by atoms with E-state index in [1.807, 2.05) is 42.5 Å². The third kappa shape index (κ3) is 8.05. The number of likely N-dealkylation sites (tertiary alicyclic amines) is 1. The number of amides is 3. The molecule has 2 bridgehead atoms. The zero-order chi connectivity index (χ0) is 39.1. The molecule has 0 saturated carbocycles. The normalized spacial score (nSPS) is 25.4. The van der Waals surface area contributed by atoms with Crippen LogP contribution in [-0.4, -0.2) is 94.1 Å². The highest BCUT2D eigenvalue weighted by atomic mass is 79.9. The quantitative estimate of drug-likeness (QED) is 0.103. The Morgan fingerprint density at radius 3 is 2.25 bits per heavy atom. The fourth-order valence-corrected chi connectivity index (χ4v) is 9.41. The topological polar surface area (TPSA) is 135 Å². The SMILES string of the molecule is C=CCCC(=O)N[C@@H](COC)[C@@H](OC(=O)[C@H]1[C@@H]2O[C@@]3(CC2Br)[C@@H]1C(=O)N([C@H](CO)c1ccccc1)[C@@H]3C(=O)N(CC=C)Cc1ccccc1)c1ccccc1. The molecule has 1 spiro atoms. The van der Waals surface area contributed by atoms with Crippen LogP contribution in [0.1, 0.15) is 48.1 Å². The summed E-state index contributed by atoms with van der Waals surface area (Å²) < 4.78 is 18.7. The molecule has 12 heteroatoms. The Kier molecular flexibility index (Phi) is 13.0. The number of aliphatic hydroxyl groups is 1. The number of benzene rings is 3. The van der Waals surface area contributed by atoms with Gasteiger partial charge in [-0.1, -0.05) is 119 Å². The largest absolute Gasteiger partial charge is 0.455 e. The summed E-state index contributed by atoms with van der Waals surface area (Å²) in [7, 11) is 1.50. The number of halogens is 1. The van der Waals surface area contributed by atoms with E-state index < -0.39 is 71.1 Å². The highest BCUT2D eigenvalue weighted by Crippen LogP contribution is 2.61. The highest BCUT2D eigenvalue weighted by Gasteiger charge is 2.77. The lowest BCUT2D eigenvalue weighted by atomic mass is 9.70. The third-order valence-electron chi connectivity index (χ3n) is 10.8. The van der Waals surface area contributed by atoms with Crippen molar-refractivity contribution in [2.75, 3.05) is 26.9 Å². The van der Waals surface area contributed by atoms with Gasteiger partial charge >= 0.3 is 5.97 Å². The number of hydrogen-bond acceptors (Lipinski definition) is 8. The monoisotopic (exact) mass is 813 g/mol. The fraction of sp³-hybridized carbons (Fsp3) is 0.395. The molecule has 2 N–H and O–H groups in total. The van der Waals surface area contributed by atoms with Crippen LogP contribution in [0.5, 0.6) is 0 Å². The van der Waals surface area contributed by atoms with Gasteiger partial charge in [-0.05, 0) is 29.5 Å². The first kappa shape index (κ1) is 40.1. The number of carbonyl (C=O) groups is 4. The van der Waals surface area contributed by atoms with E-state index in [1.54, 1.807) is 65.6 Å². The maximum atomic E-state index is 15.1. The predicted octanol–water partition coefficient (Wildman–Crippen LogP) is 5.06. The average molecular weight is 815 g/mol. The second kappa shape index (κ2) is 17.9. The van der Waals surface area contributed by atoms with Gasteiger partial charge in [0.25, 0.3) is 0 Å². The Morgan fingerprint density at radius 2 is 1.65 bits per heavy atom. The number of aliphatic hydroxyl groups excluding tert-OH is 1. The molecule has 0 aliphatic carbocycles. The van der Waals surface area contributed by atoms with E-state index in [0.29, 0.717) is 17.5 Å². The fourth-order valence-electron chi connectivity index (χ4n) is 8.47. The van der Waals surface area contributed by atoms with Crippen LogP contribution in [0.15, 0.2) is 116 Å². The number of methoxy groups -OCH3 is 1. The minimum Gasteiger partial charge on any atom is -0.455 e. The number of nitrogens with zero attached hydrogens (tertiary/aromatic N) is 2. The number of hydrogen-bond donors (Lipinski definition) is 2. The summed E-state index contributed by atoms with van der Waals surface area (Å²) in [4.78, 5) is 60.6. The van der Waals surface area contributed by atoms with Gasteiger partial charge in [0.1, 0.15) is 17.7 Å². The summed E-state index contributed by atoms with van der Waals surface area (Å²) >= 11 is 3.76. The second-order valence-electron chi connectivity index (χ2n) is 14.2. The number of ether oxygens (including phenoxy) is 3. The number of nitrogens with one attached hydrogen (secondary N) is 1. The van der Waals surface area contributed by atoms with E-state index >= 15 is 9.59 Å². The van der Waals surface area contributed by atoms with Crippen molar-refractivity contribution in [3.05, 3.63) is 133 Å². The number of esters is 1. The van der Waals surface area contributed by atoms with Gasteiger partial charge in [-0.2, -0.15) is 0 Å². The lowest BCUT2D eigenvalue weighted by Gasteiger charge is -2.39. The number of rotatable bonds is 18. The molecule has 0 radical (unpaired) electrons. The molecule has 9 atom stereocenters. The van der Waals surface area contributed by atoms with Crippen molar-refractivity contribution in [3.63, 3.8) is 0 Å². The zero-order valence-electron chi connectivity index (χ0n) is 30.9. The Hall–Kier alpha value is -4.62. The van der Waals surface area contributed by atoms with Crippen molar-refractivity contribution in [1.29, 1.82) is 0 Å². The van der Waals surface area contributed by atoms with E-state index in [9.17, 15) is 14.7 Å². The van der Waals surface area contributed by atoms with Gasteiger partial charge in [-0.15, -0.1) is 13.2 Å². The minimum atomic E-state index is -1.43. The molecule has 11 nitrogen and oxygen atoms in total. The smallest absolute Gasteiger partial charge is 0.313 e. The molecule has 3 aromatic rings. The Bertz CT molecular complexity index is 1830. The number of allylic oxidation sites excluding steroid dienone is 1. The first-order chi connectivity index (χ1) is 26.7. The number of alkyl halides is 1. The molecule has 3 fully saturated rings. The Morgan fingerprint density at radius 1 is 1.02 bits per heavy atom. The highest BCUT2D eigenvalue weighted by molar-refractivity contribution is 9.09. The molecule has 3 aromatic carbocycles. The van der Waals surface area contributed by atoms with E-state index in [2.05, 4.69) is 34.4 Å². The second-order valence-corrected chi connectivity index (χ2v) is 15.4. The lowest BCUT2D eigenvalue weighted by Crippen LogP contribution is -2.57. The van der Waals surface area contributed by atoms with E-state index in [4.69, 9.17) is 14.2 Å². The van der Waals surface area contributed by atoms with E-state index in [-0.39, 0.29) is 44.4 Å².